The van der Waals surface area contributed by atoms with Gasteiger partial charge in [0, 0.05) is 10.6 Å². The van der Waals surface area contributed by atoms with E-state index in [1.54, 1.807) is 37.3 Å². The third-order valence-corrected chi connectivity index (χ3v) is 5.02. The van der Waals surface area contributed by atoms with Crippen LogP contribution < -0.4 is 4.74 Å². The average molecular weight is 449 g/mol. The van der Waals surface area contributed by atoms with E-state index in [0.29, 0.717) is 16.1 Å². The lowest BCUT2D eigenvalue weighted by Gasteiger charge is -2.12. The Bertz CT molecular complexity index is 1090. The number of hydrogen-bond donors (Lipinski definition) is 0. The van der Waals surface area contributed by atoms with Crippen LogP contribution in [0.2, 0.25) is 5.02 Å². The maximum Gasteiger partial charge on any atom is 0.344 e. The van der Waals surface area contributed by atoms with Crippen molar-refractivity contribution < 1.29 is 27.4 Å². The van der Waals surface area contributed by atoms with E-state index >= 15 is 0 Å². The van der Waals surface area contributed by atoms with Crippen LogP contribution in [0.3, 0.4) is 0 Å². The number of aryl methyl sites for hydroxylation is 1. The van der Waals surface area contributed by atoms with Crippen LogP contribution in [0.15, 0.2) is 54.6 Å². The van der Waals surface area contributed by atoms with E-state index in [-0.39, 0.29) is 36.6 Å². The van der Waals surface area contributed by atoms with Crippen molar-refractivity contribution in [1.82, 2.24) is 0 Å². The van der Waals surface area contributed by atoms with Gasteiger partial charge < -0.3 is 9.47 Å². The molecular formula is C24H20ClF3O3. The normalized spacial score (nSPS) is 10.7. The monoisotopic (exact) mass is 448 g/mol. The first-order chi connectivity index (χ1) is 14.9. The minimum atomic E-state index is -0.873. The molecule has 0 spiro atoms. The molecule has 0 fully saturated rings. The first-order valence-corrected chi connectivity index (χ1v) is 10.1. The average Bonchev–Trinajstić information content (AvgIpc) is 2.74. The molecule has 0 saturated heterocycles. The van der Waals surface area contributed by atoms with Crippen LogP contribution in [0.5, 0.6) is 5.75 Å². The van der Waals surface area contributed by atoms with Gasteiger partial charge in [0.2, 0.25) is 0 Å². The summed E-state index contributed by atoms with van der Waals surface area (Å²) in [6, 6.07) is 13.5. The number of rotatable bonds is 8. The molecule has 0 radical (unpaired) electrons. The maximum absolute atomic E-state index is 14.8. The van der Waals surface area contributed by atoms with E-state index in [4.69, 9.17) is 21.1 Å². The van der Waals surface area contributed by atoms with Gasteiger partial charge in [-0.1, -0.05) is 29.8 Å². The van der Waals surface area contributed by atoms with Gasteiger partial charge in [-0.3, -0.25) is 0 Å². The van der Waals surface area contributed by atoms with Gasteiger partial charge in [0.1, 0.15) is 11.6 Å². The second kappa shape index (κ2) is 10.4. The summed E-state index contributed by atoms with van der Waals surface area (Å²) in [7, 11) is 0. The van der Waals surface area contributed by atoms with Gasteiger partial charge in [-0.25, -0.2) is 18.0 Å². The quantitative estimate of drug-likeness (QED) is 0.388. The highest BCUT2D eigenvalue weighted by molar-refractivity contribution is 6.31. The van der Waals surface area contributed by atoms with E-state index < -0.39 is 24.2 Å². The van der Waals surface area contributed by atoms with Crippen LogP contribution in [-0.4, -0.2) is 19.2 Å². The molecule has 0 atom stereocenters. The Morgan fingerprint density at radius 2 is 1.74 bits per heavy atom. The molecule has 7 heteroatoms. The fourth-order valence-electron chi connectivity index (χ4n) is 3.13. The van der Waals surface area contributed by atoms with E-state index in [0.717, 1.165) is 17.7 Å². The second-order valence-corrected chi connectivity index (χ2v) is 7.16. The summed E-state index contributed by atoms with van der Waals surface area (Å²) in [5.41, 5.74) is 1.91. The minimum absolute atomic E-state index is 0.0145. The lowest BCUT2D eigenvalue weighted by atomic mass is 9.98. The standard InChI is InChI=1S/C24H20ClF3O3/c1-2-30-23(29)14-31-22-11-10-21(27)19(24(22)28)8-6-17-12-16(7-9-20(17)25)15-4-3-5-18(26)13-15/h3-5,7,9-13H,2,6,8,14H2,1H3. The number of halogens is 4. The van der Waals surface area contributed by atoms with E-state index in [2.05, 4.69) is 0 Å². The molecule has 3 aromatic carbocycles. The van der Waals surface area contributed by atoms with E-state index in [9.17, 15) is 18.0 Å². The van der Waals surface area contributed by atoms with Gasteiger partial charge >= 0.3 is 5.97 Å². The van der Waals surface area contributed by atoms with Crippen molar-refractivity contribution in [3.05, 3.63) is 88.2 Å². The summed E-state index contributed by atoms with van der Waals surface area (Å²) >= 11 is 6.27. The Kier molecular flexibility index (Phi) is 7.58. The van der Waals surface area contributed by atoms with Crippen LogP contribution in [0.25, 0.3) is 11.1 Å². The number of carbonyl (C=O) groups excluding carboxylic acids is 1. The highest BCUT2D eigenvalue weighted by Crippen LogP contribution is 2.29. The number of esters is 1. The third-order valence-electron chi connectivity index (χ3n) is 4.65. The predicted octanol–water partition coefficient (Wildman–Crippen LogP) is 6.15. The number of ether oxygens (including phenoxy) is 2. The molecule has 0 aliphatic rings. The zero-order valence-electron chi connectivity index (χ0n) is 16.8. The summed E-state index contributed by atoms with van der Waals surface area (Å²) in [4.78, 5) is 11.4. The molecule has 0 saturated carbocycles. The number of hydrogen-bond acceptors (Lipinski definition) is 3. The summed E-state index contributed by atoms with van der Waals surface area (Å²) < 4.78 is 52.4. The second-order valence-electron chi connectivity index (χ2n) is 6.75. The molecule has 0 bridgehead atoms. The smallest absolute Gasteiger partial charge is 0.344 e. The van der Waals surface area contributed by atoms with Crippen LogP contribution in [0.1, 0.15) is 18.1 Å². The molecule has 0 aliphatic heterocycles. The molecule has 31 heavy (non-hydrogen) atoms. The Morgan fingerprint density at radius 3 is 2.48 bits per heavy atom. The molecule has 3 rings (SSSR count). The Labute approximate surface area is 183 Å². The molecule has 3 aromatic rings. The Hall–Kier alpha value is -2.99. The van der Waals surface area contributed by atoms with Gasteiger partial charge in [0.25, 0.3) is 0 Å². The fourth-order valence-corrected chi connectivity index (χ4v) is 3.34. The largest absolute Gasteiger partial charge is 0.479 e. The van der Waals surface area contributed by atoms with Crippen molar-refractivity contribution in [3.63, 3.8) is 0 Å². The predicted molar refractivity (Wildman–Crippen MR) is 113 cm³/mol. The molecule has 0 aromatic heterocycles. The van der Waals surface area contributed by atoms with Crippen molar-refractivity contribution in [1.29, 1.82) is 0 Å². The van der Waals surface area contributed by atoms with E-state index in [1.807, 2.05) is 0 Å². The van der Waals surface area contributed by atoms with Crippen LogP contribution in [0, 0.1) is 17.5 Å². The van der Waals surface area contributed by atoms with Crippen molar-refractivity contribution in [2.24, 2.45) is 0 Å². The first-order valence-electron chi connectivity index (χ1n) is 9.68. The topological polar surface area (TPSA) is 35.5 Å². The van der Waals surface area contributed by atoms with Crippen molar-refractivity contribution in [3.8, 4) is 16.9 Å². The highest BCUT2D eigenvalue weighted by atomic mass is 35.5. The molecule has 162 valence electrons. The summed E-state index contributed by atoms with van der Waals surface area (Å²) in [5, 5.41) is 0.440. The van der Waals surface area contributed by atoms with Crippen molar-refractivity contribution >= 4 is 17.6 Å². The summed E-state index contributed by atoms with van der Waals surface area (Å²) in [5.74, 6) is -2.84. The number of benzene rings is 3. The summed E-state index contributed by atoms with van der Waals surface area (Å²) in [6.45, 7) is 1.34. The maximum atomic E-state index is 14.8. The zero-order valence-corrected chi connectivity index (χ0v) is 17.5. The van der Waals surface area contributed by atoms with Gasteiger partial charge in [0.05, 0.1) is 6.61 Å². The molecular weight excluding hydrogens is 429 g/mol. The zero-order chi connectivity index (χ0) is 22.4. The minimum Gasteiger partial charge on any atom is -0.479 e. The Balaban J connectivity index is 1.78. The fraction of sp³-hybridized carbons (Fsp3) is 0.208. The van der Waals surface area contributed by atoms with Crippen LogP contribution >= 0.6 is 11.6 Å². The molecule has 0 unspecified atom stereocenters. The Morgan fingerprint density at radius 1 is 0.968 bits per heavy atom. The molecule has 0 heterocycles. The lowest BCUT2D eigenvalue weighted by Crippen LogP contribution is -2.15. The third kappa shape index (κ3) is 5.79. The number of carbonyl (C=O) groups is 1. The van der Waals surface area contributed by atoms with Crippen molar-refractivity contribution in [2.75, 3.05) is 13.2 Å². The molecule has 0 aliphatic carbocycles. The van der Waals surface area contributed by atoms with E-state index in [1.165, 1.54) is 12.1 Å². The molecule has 3 nitrogen and oxygen atoms in total. The van der Waals surface area contributed by atoms with Crippen LogP contribution in [-0.2, 0) is 22.4 Å². The van der Waals surface area contributed by atoms with Gasteiger partial charge in [-0.15, -0.1) is 0 Å². The van der Waals surface area contributed by atoms with Crippen LogP contribution in [0.4, 0.5) is 13.2 Å². The first kappa shape index (κ1) is 22.7. The van der Waals surface area contributed by atoms with Crippen molar-refractivity contribution in [2.45, 2.75) is 19.8 Å². The van der Waals surface area contributed by atoms with Gasteiger partial charge in [-0.05, 0) is 72.9 Å². The van der Waals surface area contributed by atoms with Gasteiger partial charge in [-0.2, -0.15) is 0 Å². The summed E-state index contributed by atoms with van der Waals surface area (Å²) in [6.07, 6.45) is 0.262. The highest BCUT2D eigenvalue weighted by Gasteiger charge is 2.17. The lowest BCUT2D eigenvalue weighted by molar-refractivity contribution is -0.145. The molecule has 0 N–H and O–H groups in total. The van der Waals surface area contributed by atoms with Gasteiger partial charge in [0.15, 0.2) is 18.2 Å². The molecule has 0 amide bonds. The SMILES string of the molecule is CCOC(=O)COc1ccc(F)c(CCc2cc(-c3cccc(F)c3)ccc2Cl)c1F.